The highest BCUT2D eigenvalue weighted by molar-refractivity contribution is 14.1. The van der Waals surface area contributed by atoms with Crippen LogP contribution in [0.1, 0.15) is 46.0 Å². The Kier molecular flexibility index (Phi) is 7.71. The molecule has 0 bridgehead atoms. The zero-order chi connectivity index (χ0) is 12.6. The fourth-order valence-corrected chi connectivity index (χ4v) is 2.92. The van der Waals surface area contributed by atoms with Gasteiger partial charge in [0.2, 0.25) is 0 Å². The van der Waals surface area contributed by atoms with Crippen molar-refractivity contribution < 1.29 is 9.47 Å². The molecule has 0 aromatic carbocycles. The van der Waals surface area contributed by atoms with Crippen molar-refractivity contribution in [2.24, 2.45) is 5.41 Å². The number of ether oxygens (including phenoxy) is 2. The summed E-state index contributed by atoms with van der Waals surface area (Å²) in [5.41, 5.74) is 0.377. The van der Waals surface area contributed by atoms with Crippen LogP contribution in [-0.4, -0.2) is 25.9 Å². The standard InChI is InChI=1S/C14H25IO2/c1-3-16-11-12-17-13(7-6-10-15)14(2)8-4-5-9-14/h6,10,13H,3-5,7-9,11-12H2,1-2H3/b10-6+. The first-order valence-corrected chi connectivity index (χ1v) is 7.92. The lowest BCUT2D eigenvalue weighted by molar-refractivity contribution is -0.0502. The molecule has 0 aromatic rings. The first-order valence-electron chi connectivity index (χ1n) is 6.67. The summed E-state index contributed by atoms with van der Waals surface area (Å²) in [7, 11) is 0. The predicted molar refractivity (Wildman–Crippen MR) is 80.6 cm³/mol. The highest BCUT2D eigenvalue weighted by Crippen LogP contribution is 2.43. The van der Waals surface area contributed by atoms with Gasteiger partial charge in [-0.25, -0.2) is 0 Å². The van der Waals surface area contributed by atoms with Gasteiger partial charge in [0.1, 0.15) is 0 Å². The molecule has 0 radical (unpaired) electrons. The molecule has 100 valence electrons. The van der Waals surface area contributed by atoms with E-state index in [1.807, 2.05) is 6.92 Å². The van der Waals surface area contributed by atoms with Gasteiger partial charge < -0.3 is 9.47 Å². The van der Waals surface area contributed by atoms with Crippen molar-refractivity contribution in [2.45, 2.75) is 52.1 Å². The summed E-state index contributed by atoms with van der Waals surface area (Å²) in [6.07, 6.45) is 8.94. The van der Waals surface area contributed by atoms with E-state index in [0.717, 1.165) is 26.2 Å². The second-order valence-electron chi connectivity index (χ2n) is 5.01. The van der Waals surface area contributed by atoms with Gasteiger partial charge >= 0.3 is 0 Å². The lowest BCUT2D eigenvalue weighted by atomic mass is 9.81. The van der Waals surface area contributed by atoms with Crippen LogP contribution in [-0.2, 0) is 9.47 Å². The van der Waals surface area contributed by atoms with E-state index < -0.39 is 0 Å². The van der Waals surface area contributed by atoms with Crippen molar-refractivity contribution in [3.05, 3.63) is 10.2 Å². The average Bonchev–Trinajstić information content (AvgIpc) is 2.76. The van der Waals surface area contributed by atoms with Crippen LogP contribution < -0.4 is 0 Å². The van der Waals surface area contributed by atoms with Crippen LogP contribution in [0.15, 0.2) is 10.2 Å². The van der Waals surface area contributed by atoms with Crippen LogP contribution in [0.2, 0.25) is 0 Å². The summed E-state index contributed by atoms with van der Waals surface area (Å²) in [6, 6.07) is 0. The summed E-state index contributed by atoms with van der Waals surface area (Å²) in [5.74, 6) is 0. The van der Waals surface area contributed by atoms with Gasteiger partial charge in [-0.2, -0.15) is 0 Å². The minimum Gasteiger partial charge on any atom is -0.379 e. The lowest BCUT2D eigenvalue weighted by Crippen LogP contribution is -2.33. The van der Waals surface area contributed by atoms with Gasteiger partial charge in [-0.15, -0.1) is 0 Å². The first-order chi connectivity index (χ1) is 8.23. The monoisotopic (exact) mass is 352 g/mol. The average molecular weight is 352 g/mol. The minimum atomic E-state index is 0.358. The van der Waals surface area contributed by atoms with Crippen LogP contribution in [0.25, 0.3) is 0 Å². The van der Waals surface area contributed by atoms with Crippen molar-refractivity contribution in [1.29, 1.82) is 0 Å². The van der Waals surface area contributed by atoms with Gasteiger partial charge in [-0.1, -0.05) is 48.4 Å². The van der Waals surface area contributed by atoms with Crippen LogP contribution in [0.4, 0.5) is 0 Å². The molecule has 1 aliphatic carbocycles. The molecule has 0 saturated heterocycles. The van der Waals surface area contributed by atoms with E-state index in [1.54, 1.807) is 0 Å². The number of rotatable bonds is 8. The van der Waals surface area contributed by atoms with E-state index in [2.05, 4.69) is 39.7 Å². The van der Waals surface area contributed by atoms with Crippen LogP contribution in [0.3, 0.4) is 0 Å². The van der Waals surface area contributed by atoms with E-state index in [0.29, 0.717) is 11.5 Å². The molecule has 2 nitrogen and oxygen atoms in total. The van der Waals surface area contributed by atoms with Gasteiger partial charge in [0.05, 0.1) is 19.3 Å². The smallest absolute Gasteiger partial charge is 0.0704 e. The van der Waals surface area contributed by atoms with E-state index in [1.165, 1.54) is 25.7 Å². The molecule has 0 heterocycles. The Morgan fingerprint density at radius 2 is 2.00 bits per heavy atom. The lowest BCUT2D eigenvalue weighted by Gasteiger charge is -2.33. The zero-order valence-electron chi connectivity index (χ0n) is 11.1. The summed E-state index contributed by atoms with van der Waals surface area (Å²) in [6.45, 7) is 6.63. The molecule has 1 rings (SSSR count). The largest absolute Gasteiger partial charge is 0.379 e. The van der Waals surface area contributed by atoms with E-state index in [9.17, 15) is 0 Å². The van der Waals surface area contributed by atoms with Gasteiger partial charge in [0.15, 0.2) is 0 Å². The second kappa shape index (κ2) is 8.48. The molecule has 1 aliphatic rings. The van der Waals surface area contributed by atoms with Crippen molar-refractivity contribution in [1.82, 2.24) is 0 Å². The Morgan fingerprint density at radius 1 is 1.29 bits per heavy atom. The Bertz CT molecular complexity index is 222. The molecule has 0 aromatic heterocycles. The van der Waals surface area contributed by atoms with E-state index in [-0.39, 0.29) is 0 Å². The van der Waals surface area contributed by atoms with Crippen LogP contribution >= 0.6 is 22.6 Å². The predicted octanol–water partition coefficient (Wildman–Crippen LogP) is 4.33. The van der Waals surface area contributed by atoms with Gasteiger partial charge in [-0.05, 0) is 35.7 Å². The van der Waals surface area contributed by atoms with Crippen LogP contribution in [0, 0.1) is 5.41 Å². The topological polar surface area (TPSA) is 18.5 Å². The Balaban J connectivity index is 2.42. The Hall–Kier alpha value is 0.390. The Labute approximate surface area is 119 Å². The third kappa shape index (κ3) is 5.26. The highest BCUT2D eigenvalue weighted by atomic mass is 127. The highest BCUT2D eigenvalue weighted by Gasteiger charge is 2.36. The number of halogens is 1. The summed E-state index contributed by atoms with van der Waals surface area (Å²) >= 11 is 2.28. The maximum atomic E-state index is 6.05. The van der Waals surface area contributed by atoms with Crippen molar-refractivity contribution in [2.75, 3.05) is 19.8 Å². The number of hydrogen-bond donors (Lipinski definition) is 0. The van der Waals surface area contributed by atoms with Gasteiger partial charge in [0.25, 0.3) is 0 Å². The molecular formula is C14H25IO2. The van der Waals surface area contributed by atoms with Gasteiger partial charge in [0, 0.05) is 6.61 Å². The maximum Gasteiger partial charge on any atom is 0.0704 e. The SMILES string of the molecule is CCOCCOC(C/C=C/I)C1(C)CCCC1. The molecule has 0 aliphatic heterocycles. The third-order valence-electron chi connectivity index (χ3n) is 3.71. The molecule has 1 saturated carbocycles. The van der Waals surface area contributed by atoms with Crippen molar-refractivity contribution in [3.63, 3.8) is 0 Å². The van der Waals surface area contributed by atoms with Gasteiger partial charge in [-0.3, -0.25) is 0 Å². The van der Waals surface area contributed by atoms with Crippen molar-refractivity contribution >= 4 is 22.6 Å². The molecule has 1 unspecified atom stereocenters. The maximum absolute atomic E-state index is 6.05. The van der Waals surface area contributed by atoms with E-state index >= 15 is 0 Å². The summed E-state index contributed by atoms with van der Waals surface area (Å²) in [5, 5.41) is 0. The third-order valence-corrected chi connectivity index (χ3v) is 4.22. The molecule has 0 N–H and O–H groups in total. The molecule has 3 heteroatoms. The van der Waals surface area contributed by atoms with Crippen molar-refractivity contribution in [3.8, 4) is 0 Å². The summed E-state index contributed by atoms with van der Waals surface area (Å²) in [4.78, 5) is 0. The minimum absolute atomic E-state index is 0.358. The molecule has 17 heavy (non-hydrogen) atoms. The molecule has 1 atom stereocenters. The Morgan fingerprint density at radius 3 is 2.59 bits per heavy atom. The first kappa shape index (κ1) is 15.4. The normalized spacial score (nSPS) is 21.1. The molecule has 0 amide bonds. The fourth-order valence-electron chi connectivity index (χ4n) is 2.63. The quantitative estimate of drug-likeness (QED) is 0.478. The van der Waals surface area contributed by atoms with E-state index in [4.69, 9.17) is 9.47 Å². The molecule has 1 fully saturated rings. The zero-order valence-corrected chi connectivity index (χ0v) is 13.2. The number of hydrogen-bond acceptors (Lipinski definition) is 2. The molecular weight excluding hydrogens is 327 g/mol. The second-order valence-corrected chi connectivity index (χ2v) is 5.73. The van der Waals surface area contributed by atoms with Crippen LogP contribution in [0.5, 0.6) is 0 Å². The fraction of sp³-hybridized carbons (Fsp3) is 0.857. The molecule has 0 spiro atoms. The summed E-state index contributed by atoms with van der Waals surface area (Å²) < 4.78 is 13.5.